The number of fused-ring (bicyclic) bond motifs is 4. The summed E-state index contributed by atoms with van der Waals surface area (Å²) in [4.78, 5) is 7.53. The van der Waals surface area contributed by atoms with E-state index in [0.29, 0.717) is 0 Å². The molecule has 2 aliphatic rings. The summed E-state index contributed by atoms with van der Waals surface area (Å²) < 4.78 is 0. The average molecular weight is 156 g/mol. The quantitative estimate of drug-likeness (QED) is 0.596. The van der Waals surface area contributed by atoms with Gasteiger partial charge >= 0.3 is 0 Å². The number of aromatic nitrogens is 1. The highest BCUT2D eigenvalue weighted by Gasteiger charge is 2.17. The molecule has 0 amide bonds. The minimum Gasteiger partial charge on any atom is -0.360 e. The molecule has 1 aliphatic heterocycles. The molecule has 0 saturated heterocycles. The maximum Gasteiger partial charge on any atom is 0.0687 e. The molecule has 58 valence electrons. The number of H-pyrrole nitrogens is 1. The molecule has 0 saturated carbocycles. The van der Waals surface area contributed by atoms with Crippen LogP contribution in [0.25, 0.3) is 6.08 Å². The zero-order valence-corrected chi connectivity index (χ0v) is 6.54. The van der Waals surface area contributed by atoms with Gasteiger partial charge in [-0.3, -0.25) is 4.99 Å². The minimum absolute atomic E-state index is 0.976. The van der Waals surface area contributed by atoms with Gasteiger partial charge in [0.05, 0.1) is 11.4 Å². The van der Waals surface area contributed by atoms with Gasteiger partial charge in [-0.05, 0) is 23.8 Å². The van der Waals surface area contributed by atoms with Crippen molar-refractivity contribution in [3.63, 3.8) is 0 Å². The lowest BCUT2D eigenvalue weighted by molar-refractivity contribution is 1.22. The number of rotatable bonds is 0. The monoisotopic (exact) mass is 156 g/mol. The highest BCUT2D eigenvalue weighted by Crippen LogP contribution is 2.26. The number of aliphatic imine (C=N–C) groups is 1. The van der Waals surface area contributed by atoms with E-state index >= 15 is 0 Å². The van der Waals surface area contributed by atoms with Crippen LogP contribution in [0.2, 0.25) is 0 Å². The molecular formula is C10H8N2. The molecule has 2 bridgehead atoms. The zero-order valence-electron chi connectivity index (χ0n) is 6.54. The van der Waals surface area contributed by atoms with Gasteiger partial charge in [0, 0.05) is 24.4 Å². The first kappa shape index (κ1) is 6.00. The number of hydrogen-bond acceptors (Lipinski definition) is 1. The molecule has 2 nitrogen and oxygen atoms in total. The lowest BCUT2D eigenvalue weighted by Gasteiger charge is -2.15. The first-order chi connectivity index (χ1) is 5.93. The second-order valence-electron chi connectivity index (χ2n) is 3.10. The molecule has 1 aromatic rings. The van der Waals surface area contributed by atoms with Crippen LogP contribution in [0.4, 0.5) is 0 Å². The highest BCUT2D eigenvalue weighted by molar-refractivity contribution is 6.07. The second-order valence-corrected chi connectivity index (χ2v) is 3.10. The van der Waals surface area contributed by atoms with Crippen LogP contribution >= 0.6 is 0 Å². The van der Waals surface area contributed by atoms with E-state index in [2.05, 4.69) is 28.2 Å². The van der Waals surface area contributed by atoms with E-state index in [9.17, 15) is 0 Å². The fourth-order valence-corrected chi connectivity index (χ4v) is 1.72. The largest absolute Gasteiger partial charge is 0.360 e. The van der Waals surface area contributed by atoms with Gasteiger partial charge in [0.15, 0.2) is 0 Å². The Morgan fingerprint density at radius 2 is 2.42 bits per heavy atom. The topological polar surface area (TPSA) is 28.1 Å². The van der Waals surface area contributed by atoms with Gasteiger partial charge in [-0.15, -0.1) is 0 Å². The Labute approximate surface area is 70.3 Å². The summed E-state index contributed by atoms with van der Waals surface area (Å²) in [6, 6.07) is 2.09. The van der Waals surface area contributed by atoms with Crippen molar-refractivity contribution in [1.29, 1.82) is 0 Å². The molecule has 0 radical (unpaired) electrons. The number of aromatic amines is 1. The normalized spacial score (nSPS) is 18.3. The van der Waals surface area contributed by atoms with Gasteiger partial charge in [-0.25, -0.2) is 0 Å². The molecule has 0 spiro atoms. The Hall–Kier alpha value is -1.57. The molecule has 1 N–H and O–H groups in total. The van der Waals surface area contributed by atoms with Gasteiger partial charge in [-0.1, -0.05) is 0 Å². The molecule has 0 aromatic carbocycles. The number of allylic oxidation sites excluding steroid dienone is 2. The molecule has 12 heavy (non-hydrogen) atoms. The number of nitrogens with one attached hydrogen (secondary N) is 1. The fourth-order valence-electron chi connectivity index (χ4n) is 1.72. The van der Waals surface area contributed by atoms with E-state index in [0.717, 1.165) is 12.1 Å². The van der Waals surface area contributed by atoms with Crippen molar-refractivity contribution in [1.82, 2.24) is 4.98 Å². The third-order valence-corrected chi connectivity index (χ3v) is 2.30. The van der Waals surface area contributed by atoms with Crippen molar-refractivity contribution in [3.05, 3.63) is 41.4 Å². The van der Waals surface area contributed by atoms with Gasteiger partial charge in [0.25, 0.3) is 0 Å². The first-order valence-corrected chi connectivity index (χ1v) is 4.05. The van der Waals surface area contributed by atoms with E-state index in [1.807, 2.05) is 12.4 Å². The van der Waals surface area contributed by atoms with E-state index in [1.165, 1.54) is 16.8 Å². The van der Waals surface area contributed by atoms with E-state index < -0.39 is 0 Å². The average Bonchev–Trinajstić information content (AvgIpc) is 2.53. The highest BCUT2D eigenvalue weighted by atomic mass is 14.8. The third kappa shape index (κ3) is 0.666. The van der Waals surface area contributed by atoms with Crippen LogP contribution in [0.5, 0.6) is 0 Å². The second kappa shape index (κ2) is 1.97. The van der Waals surface area contributed by atoms with Crippen molar-refractivity contribution in [2.75, 3.05) is 0 Å². The Morgan fingerprint density at radius 3 is 3.42 bits per heavy atom. The predicted molar refractivity (Wildman–Crippen MR) is 49.1 cm³/mol. The van der Waals surface area contributed by atoms with Gasteiger partial charge in [0.2, 0.25) is 0 Å². The Balaban J connectivity index is 2.34. The summed E-state index contributed by atoms with van der Waals surface area (Å²) in [5.74, 6) is 0. The van der Waals surface area contributed by atoms with Crippen LogP contribution < -0.4 is 0 Å². The van der Waals surface area contributed by atoms with Crippen molar-refractivity contribution >= 4 is 11.8 Å². The number of nitrogens with zero attached hydrogens (tertiary/aromatic N) is 1. The summed E-state index contributed by atoms with van der Waals surface area (Å²) in [5.41, 5.74) is 4.96. The number of hydrogen-bond donors (Lipinski definition) is 1. The van der Waals surface area contributed by atoms with Crippen LogP contribution in [0.15, 0.2) is 35.1 Å². The van der Waals surface area contributed by atoms with Crippen LogP contribution in [0, 0.1) is 0 Å². The van der Waals surface area contributed by atoms with Crippen LogP contribution in [0.1, 0.15) is 17.7 Å². The summed E-state index contributed by atoms with van der Waals surface area (Å²) in [6.07, 6.45) is 9.09. The molecule has 2 heteroatoms. The minimum atomic E-state index is 0.976. The standard InChI is InChI=1S/C10H8N2/c1-3-11-9-6-7(1)5-8-2-4-12-10(8)9/h1-5,12H,6H2. The molecule has 3 rings (SSSR count). The lowest BCUT2D eigenvalue weighted by atomic mass is 9.94. The van der Waals surface area contributed by atoms with Crippen LogP contribution in [-0.4, -0.2) is 10.7 Å². The summed E-state index contributed by atoms with van der Waals surface area (Å²) in [7, 11) is 0. The molecular weight excluding hydrogens is 148 g/mol. The first-order valence-electron chi connectivity index (χ1n) is 4.05. The van der Waals surface area contributed by atoms with Crippen molar-refractivity contribution in [2.24, 2.45) is 4.99 Å². The maximum absolute atomic E-state index is 4.33. The Bertz CT molecular complexity index is 419. The van der Waals surface area contributed by atoms with Gasteiger partial charge in [-0.2, -0.15) is 0 Å². The molecule has 1 aromatic heterocycles. The molecule has 0 fully saturated rings. The smallest absolute Gasteiger partial charge is 0.0687 e. The molecule has 0 unspecified atom stereocenters. The Kier molecular flexibility index (Phi) is 0.987. The van der Waals surface area contributed by atoms with Crippen molar-refractivity contribution in [2.45, 2.75) is 6.42 Å². The van der Waals surface area contributed by atoms with Crippen LogP contribution in [-0.2, 0) is 0 Å². The fraction of sp³-hybridized carbons (Fsp3) is 0.100. The molecule has 2 heterocycles. The molecule has 1 aliphatic carbocycles. The Morgan fingerprint density at radius 1 is 1.42 bits per heavy atom. The SMILES string of the molecule is C1=CC2=Cc3cc[nH]c3C(=N1)C2. The van der Waals surface area contributed by atoms with Gasteiger partial charge < -0.3 is 4.98 Å². The summed E-state index contributed by atoms with van der Waals surface area (Å²) in [6.45, 7) is 0. The lowest BCUT2D eigenvalue weighted by Crippen LogP contribution is -2.10. The van der Waals surface area contributed by atoms with Gasteiger partial charge in [0.1, 0.15) is 0 Å². The third-order valence-electron chi connectivity index (χ3n) is 2.30. The van der Waals surface area contributed by atoms with Crippen molar-refractivity contribution < 1.29 is 0 Å². The van der Waals surface area contributed by atoms with E-state index in [-0.39, 0.29) is 0 Å². The van der Waals surface area contributed by atoms with E-state index in [1.54, 1.807) is 0 Å². The summed E-state index contributed by atoms with van der Waals surface area (Å²) >= 11 is 0. The van der Waals surface area contributed by atoms with E-state index in [4.69, 9.17) is 0 Å². The predicted octanol–water partition coefficient (Wildman–Crippen LogP) is 2.12. The maximum atomic E-state index is 4.33. The van der Waals surface area contributed by atoms with Crippen molar-refractivity contribution in [3.8, 4) is 0 Å². The van der Waals surface area contributed by atoms with Crippen LogP contribution in [0.3, 0.4) is 0 Å². The summed E-state index contributed by atoms with van der Waals surface area (Å²) in [5, 5.41) is 0. The molecule has 0 atom stereocenters. The zero-order chi connectivity index (χ0) is 7.97.